The van der Waals surface area contributed by atoms with Gasteiger partial charge >= 0.3 is 0 Å². The van der Waals surface area contributed by atoms with Gasteiger partial charge < -0.3 is 0 Å². The predicted molar refractivity (Wildman–Crippen MR) is 167 cm³/mol. The molecule has 0 aliphatic heterocycles. The van der Waals surface area contributed by atoms with Crippen LogP contribution < -0.4 is 4.72 Å². The van der Waals surface area contributed by atoms with Crippen molar-refractivity contribution in [3.63, 3.8) is 0 Å². The molecule has 3 nitrogen and oxygen atoms in total. The zero-order valence-electron chi connectivity index (χ0n) is 22.7. The second kappa shape index (κ2) is 10.8. The molecule has 0 bridgehead atoms. The van der Waals surface area contributed by atoms with Gasteiger partial charge in [-0.25, -0.2) is 8.42 Å². The maximum absolute atomic E-state index is 14.2. The van der Waals surface area contributed by atoms with Gasteiger partial charge in [0.05, 0.1) is 10.4 Å². The molecule has 1 aliphatic rings. The van der Waals surface area contributed by atoms with Gasteiger partial charge in [-0.15, -0.1) is 0 Å². The zero-order chi connectivity index (χ0) is 28.5. The fraction of sp³-hybridized carbons (Fsp3) is 0.111. The number of hydrogen-bond acceptors (Lipinski definition) is 2. The highest BCUT2D eigenvalue weighted by Crippen LogP contribution is 2.67. The summed E-state index contributed by atoms with van der Waals surface area (Å²) in [5, 5.41) is 0.457. The van der Waals surface area contributed by atoms with Crippen molar-refractivity contribution in [2.24, 2.45) is 0 Å². The van der Waals surface area contributed by atoms with Crippen molar-refractivity contribution in [1.82, 2.24) is 4.72 Å². The molecule has 5 aromatic carbocycles. The van der Waals surface area contributed by atoms with Gasteiger partial charge in [-0.05, 0) is 47.7 Å². The highest BCUT2D eigenvalue weighted by Gasteiger charge is 2.72. The number of benzene rings is 5. The van der Waals surface area contributed by atoms with E-state index in [0.29, 0.717) is 11.5 Å². The first-order chi connectivity index (χ1) is 19.9. The summed E-state index contributed by atoms with van der Waals surface area (Å²) in [5.41, 5.74) is 3.72. The van der Waals surface area contributed by atoms with Crippen molar-refractivity contribution in [2.75, 3.05) is 0 Å². The third-order valence-electron chi connectivity index (χ3n) is 8.03. The molecule has 6 rings (SSSR count). The van der Waals surface area contributed by atoms with Crippen molar-refractivity contribution in [3.05, 3.63) is 178 Å². The van der Waals surface area contributed by atoms with Gasteiger partial charge in [0, 0.05) is 16.0 Å². The first kappa shape index (κ1) is 27.2. The normalized spacial score (nSPS) is 17.5. The van der Waals surface area contributed by atoms with Crippen LogP contribution in [-0.2, 0) is 15.4 Å². The van der Waals surface area contributed by atoms with E-state index in [-0.39, 0.29) is 4.90 Å². The topological polar surface area (TPSA) is 46.2 Å². The summed E-state index contributed by atoms with van der Waals surface area (Å²) in [7, 11) is -3.97. The fourth-order valence-corrected chi connectivity index (χ4v) is 7.91. The second-order valence-electron chi connectivity index (χ2n) is 10.6. The quantitative estimate of drug-likeness (QED) is 0.203. The summed E-state index contributed by atoms with van der Waals surface area (Å²) < 4.78 is 31.5. The molecular formula is C36H30ClNO2S. The smallest absolute Gasteiger partial charge is 0.207 e. The lowest BCUT2D eigenvalue weighted by Crippen LogP contribution is -2.44. The fourth-order valence-electron chi connectivity index (χ4n) is 5.94. The van der Waals surface area contributed by atoms with Crippen LogP contribution in [0.1, 0.15) is 34.2 Å². The summed E-state index contributed by atoms with van der Waals surface area (Å²) in [6.07, 6.45) is 0.459. The minimum atomic E-state index is -3.97. The maximum Gasteiger partial charge on any atom is 0.241 e. The summed E-state index contributed by atoms with van der Waals surface area (Å²) in [6, 6.07) is 46.9. The molecule has 1 unspecified atom stereocenters. The van der Waals surface area contributed by atoms with Gasteiger partial charge in [0.1, 0.15) is 0 Å². The Bertz CT molecular complexity index is 1710. The third kappa shape index (κ3) is 4.82. The molecule has 0 aromatic heterocycles. The highest BCUT2D eigenvalue weighted by atomic mass is 35.5. The van der Waals surface area contributed by atoms with Crippen molar-refractivity contribution >= 4 is 27.2 Å². The zero-order valence-corrected chi connectivity index (χ0v) is 24.2. The van der Waals surface area contributed by atoms with Crippen LogP contribution in [0.4, 0.5) is 0 Å². The molecule has 5 heteroatoms. The van der Waals surface area contributed by atoms with E-state index in [9.17, 15) is 8.42 Å². The standard InChI is InChI=1S/C36H30ClNO2S/c1-27-22-24-32(25-23-27)41(39,40)38-36(26-35(36,30-18-10-4-11-19-30)31-20-12-5-13-21-31)34(37)33(28-14-6-2-7-15-28)29-16-8-3-9-17-29/h2-25,38H,26H2,1H3. The molecule has 1 atom stereocenters. The molecule has 1 saturated carbocycles. The molecule has 0 amide bonds. The first-order valence-electron chi connectivity index (χ1n) is 13.6. The molecule has 0 radical (unpaired) electrons. The first-order valence-corrected chi connectivity index (χ1v) is 15.5. The minimum Gasteiger partial charge on any atom is -0.207 e. The molecule has 41 heavy (non-hydrogen) atoms. The van der Waals surface area contributed by atoms with E-state index >= 15 is 0 Å². The average molecular weight is 576 g/mol. The Morgan fingerprint density at radius 2 is 1.05 bits per heavy atom. The molecule has 1 aliphatic carbocycles. The molecule has 5 aromatic rings. The van der Waals surface area contributed by atoms with Gasteiger partial charge in [-0.3, -0.25) is 0 Å². The van der Waals surface area contributed by atoms with Crippen LogP contribution in [0.3, 0.4) is 0 Å². The van der Waals surface area contributed by atoms with E-state index in [1.54, 1.807) is 12.1 Å². The molecule has 204 valence electrons. The van der Waals surface area contributed by atoms with Crippen LogP contribution in [0.15, 0.2) is 156 Å². The number of sulfonamides is 1. The van der Waals surface area contributed by atoms with Crippen LogP contribution in [0.5, 0.6) is 0 Å². The summed E-state index contributed by atoms with van der Waals surface area (Å²) in [5.74, 6) is 0. The molecule has 0 spiro atoms. The Morgan fingerprint density at radius 1 is 0.634 bits per heavy atom. The lowest BCUT2D eigenvalue weighted by Gasteiger charge is -2.30. The molecule has 0 saturated heterocycles. The second-order valence-corrected chi connectivity index (χ2v) is 12.6. The van der Waals surface area contributed by atoms with E-state index in [4.69, 9.17) is 11.6 Å². The average Bonchev–Trinajstić information content (AvgIpc) is 3.69. The molecule has 1 N–H and O–H groups in total. The van der Waals surface area contributed by atoms with E-state index in [2.05, 4.69) is 29.0 Å². The number of halogens is 1. The number of hydrogen-bond donors (Lipinski definition) is 1. The van der Waals surface area contributed by atoms with Gasteiger partial charge in [0.2, 0.25) is 10.0 Å². The molecule has 1 fully saturated rings. The Labute approximate surface area is 247 Å². The van der Waals surface area contributed by atoms with E-state index < -0.39 is 21.0 Å². The Kier molecular flexibility index (Phi) is 7.16. The number of aryl methyl sites for hydroxylation is 1. The summed E-state index contributed by atoms with van der Waals surface area (Å²) in [4.78, 5) is 0.204. The summed E-state index contributed by atoms with van der Waals surface area (Å²) >= 11 is 7.63. The van der Waals surface area contributed by atoms with E-state index in [1.807, 2.05) is 116 Å². The van der Waals surface area contributed by atoms with Gasteiger partial charge in [-0.2, -0.15) is 4.72 Å². The summed E-state index contributed by atoms with van der Waals surface area (Å²) in [6.45, 7) is 1.94. The largest absolute Gasteiger partial charge is 0.241 e. The monoisotopic (exact) mass is 575 g/mol. The van der Waals surface area contributed by atoms with Crippen LogP contribution in [0, 0.1) is 6.92 Å². The maximum atomic E-state index is 14.2. The Hall–Kier alpha value is -3.96. The molecule has 0 heterocycles. The number of nitrogens with one attached hydrogen (secondary N) is 1. The Balaban J connectivity index is 1.66. The number of rotatable bonds is 8. The van der Waals surface area contributed by atoms with Crippen molar-refractivity contribution in [3.8, 4) is 0 Å². The lowest BCUT2D eigenvalue weighted by atomic mass is 9.82. The van der Waals surface area contributed by atoms with Crippen LogP contribution in [-0.4, -0.2) is 14.0 Å². The Morgan fingerprint density at radius 3 is 1.49 bits per heavy atom. The van der Waals surface area contributed by atoms with Crippen LogP contribution >= 0.6 is 11.6 Å². The van der Waals surface area contributed by atoms with E-state index in [1.165, 1.54) is 0 Å². The third-order valence-corrected chi connectivity index (χ3v) is 10.0. The SMILES string of the molecule is Cc1ccc(S(=O)(=O)NC2(C(Cl)=C(c3ccccc3)c3ccccc3)CC2(c2ccccc2)c2ccccc2)cc1. The van der Waals surface area contributed by atoms with Crippen molar-refractivity contribution in [2.45, 2.75) is 29.2 Å². The van der Waals surface area contributed by atoms with Crippen molar-refractivity contribution < 1.29 is 8.42 Å². The highest BCUT2D eigenvalue weighted by molar-refractivity contribution is 7.89. The van der Waals surface area contributed by atoms with E-state index in [0.717, 1.165) is 33.4 Å². The van der Waals surface area contributed by atoms with Gasteiger partial charge in [0.15, 0.2) is 0 Å². The minimum absolute atomic E-state index is 0.204. The van der Waals surface area contributed by atoms with Crippen LogP contribution in [0.25, 0.3) is 5.57 Å². The predicted octanol–water partition coefficient (Wildman–Crippen LogP) is 8.10. The van der Waals surface area contributed by atoms with Gasteiger partial charge in [0.25, 0.3) is 0 Å². The van der Waals surface area contributed by atoms with Crippen LogP contribution in [0.2, 0.25) is 0 Å². The lowest BCUT2D eigenvalue weighted by molar-refractivity contribution is 0.552. The van der Waals surface area contributed by atoms with Crippen molar-refractivity contribution in [1.29, 1.82) is 0 Å². The van der Waals surface area contributed by atoms with Gasteiger partial charge in [-0.1, -0.05) is 151 Å². The molecular weight excluding hydrogens is 546 g/mol.